The molecule has 0 amide bonds. The number of rotatable bonds is 13. The van der Waals surface area contributed by atoms with E-state index in [1.54, 1.807) is 18.9 Å². The molecule has 0 unspecified atom stereocenters. The van der Waals surface area contributed by atoms with E-state index in [2.05, 4.69) is 22.0 Å². The number of methoxy groups -OCH3 is 1. The lowest BCUT2D eigenvalue weighted by atomic mass is 9.79. The molecule has 2 heterocycles. The second-order valence-electron chi connectivity index (χ2n) is 9.94. The maximum atomic E-state index is 13.1. The molecular weight excluding hydrogens is 487 g/mol. The van der Waals surface area contributed by atoms with Crippen LogP contribution in [-0.2, 0) is 11.2 Å². The van der Waals surface area contributed by atoms with Crippen LogP contribution in [0.5, 0.6) is 5.75 Å². The lowest BCUT2D eigenvalue weighted by Gasteiger charge is -2.39. The highest BCUT2D eigenvalue weighted by Crippen LogP contribution is 2.32. The number of carboxylic acid groups (broad SMARTS) is 1. The van der Waals surface area contributed by atoms with Crippen LogP contribution < -0.4 is 4.74 Å². The summed E-state index contributed by atoms with van der Waals surface area (Å²) < 4.78 is 18.5. The van der Waals surface area contributed by atoms with E-state index in [0.717, 1.165) is 85.5 Å². The predicted octanol–water partition coefficient (Wildman–Crippen LogP) is 6.69. The van der Waals surface area contributed by atoms with Gasteiger partial charge in [-0.15, -0.1) is 11.8 Å². The van der Waals surface area contributed by atoms with E-state index in [9.17, 15) is 14.3 Å². The number of carboxylic acids is 1. The largest absolute Gasteiger partial charge is 0.497 e. The van der Waals surface area contributed by atoms with Gasteiger partial charge in [-0.2, -0.15) is 0 Å². The van der Waals surface area contributed by atoms with E-state index in [1.807, 2.05) is 30.5 Å². The van der Waals surface area contributed by atoms with Gasteiger partial charge in [0.1, 0.15) is 11.6 Å². The number of thioether (sulfide) groups is 1. The Labute approximate surface area is 223 Å². The highest BCUT2D eigenvalue weighted by Gasteiger charge is 2.29. The van der Waals surface area contributed by atoms with Crippen molar-refractivity contribution >= 4 is 28.6 Å². The third-order valence-corrected chi connectivity index (χ3v) is 8.56. The number of fused-ring (bicyclic) bond motifs is 1. The second-order valence-corrected chi connectivity index (χ2v) is 11.1. The Morgan fingerprint density at radius 2 is 1.97 bits per heavy atom. The van der Waals surface area contributed by atoms with Crippen LogP contribution in [0.15, 0.2) is 59.6 Å². The maximum Gasteiger partial charge on any atom is 0.303 e. The Morgan fingerprint density at radius 1 is 1.14 bits per heavy atom. The van der Waals surface area contributed by atoms with Crippen LogP contribution in [-0.4, -0.2) is 53.5 Å². The van der Waals surface area contributed by atoms with E-state index < -0.39 is 5.97 Å². The zero-order chi connectivity index (χ0) is 26.0. The van der Waals surface area contributed by atoms with Gasteiger partial charge in [0.25, 0.3) is 0 Å². The first-order valence-electron chi connectivity index (χ1n) is 13.3. The van der Waals surface area contributed by atoms with Gasteiger partial charge in [-0.05, 0) is 123 Å². The van der Waals surface area contributed by atoms with Gasteiger partial charge in [-0.1, -0.05) is 0 Å². The number of aromatic nitrogens is 1. The molecule has 7 heteroatoms. The number of halogens is 1. The van der Waals surface area contributed by atoms with Crippen molar-refractivity contribution in [3.63, 3.8) is 0 Å². The van der Waals surface area contributed by atoms with Crippen molar-refractivity contribution in [3.8, 4) is 5.75 Å². The number of likely N-dealkylation sites (tertiary alicyclic amines) is 1. The lowest BCUT2D eigenvalue weighted by molar-refractivity contribution is -0.137. The van der Waals surface area contributed by atoms with Gasteiger partial charge in [-0.25, -0.2) is 4.39 Å². The third kappa shape index (κ3) is 8.17. The minimum absolute atomic E-state index is 0.200. The Balaban J connectivity index is 1.28. The molecular formula is C30H37FN2O3S. The number of hydrogen-bond donors (Lipinski definition) is 1. The summed E-state index contributed by atoms with van der Waals surface area (Å²) in [4.78, 5) is 19.4. The van der Waals surface area contributed by atoms with Crippen molar-refractivity contribution in [2.45, 2.75) is 49.8 Å². The van der Waals surface area contributed by atoms with Crippen LogP contribution in [0.1, 0.15) is 44.1 Å². The fourth-order valence-electron chi connectivity index (χ4n) is 5.47. The Morgan fingerprint density at radius 3 is 2.76 bits per heavy atom. The molecule has 5 nitrogen and oxygen atoms in total. The molecule has 37 heavy (non-hydrogen) atoms. The third-order valence-electron chi connectivity index (χ3n) is 7.47. The summed E-state index contributed by atoms with van der Waals surface area (Å²) in [6.07, 6.45) is 8.24. The summed E-state index contributed by atoms with van der Waals surface area (Å²) in [6.45, 7) is 3.08. The molecule has 0 spiro atoms. The summed E-state index contributed by atoms with van der Waals surface area (Å²) in [5.41, 5.74) is 2.28. The average molecular weight is 525 g/mol. The molecule has 1 aromatic heterocycles. The Bertz CT molecular complexity index is 1160. The minimum atomic E-state index is -0.705. The van der Waals surface area contributed by atoms with Crippen LogP contribution in [0.4, 0.5) is 4.39 Å². The molecule has 198 valence electrons. The summed E-state index contributed by atoms with van der Waals surface area (Å²) in [5, 5.41) is 10.5. The SMILES string of the molecule is COc1ccc2nccc(CCC[C@@H]3CCN(CCCSc4ccc(F)cc4)C[C@@H]3CCC(=O)O)c2c1. The number of piperidine rings is 1. The second kappa shape index (κ2) is 13.8. The van der Waals surface area contributed by atoms with Crippen molar-refractivity contribution in [2.75, 3.05) is 32.5 Å². The van der Waals surface area contributed by atoms with Gasteiger partial charge >= 0.3 is 5.97 Å². The molecule has 2 atom stereocenters. The normalized spacial score (nSPS) is 18.2. The van der Waals surface area contributed by atoms with Crippen molar-refractivity contribution < 1.29 is 19.0 Å². The van der Waals surface area contributed by atoms with Gasteiger partial charge in [0.15, 0.2) is 0 Å². The Hall–Kier alpha value is -2.64. The van der Waals surface area contributed by atoms with Crippen molar-refractivity contribution in [1.82, 2.24) is 9.88 Å². The van der Waals surface area contributed by atoms with Crippen molar-refractivity contribution in [2.24, 2.45) is 11.8 Å². The number of ether oxygens (including phenoxy) is 1. The van der Waals surface area contributed by atoms with E-state index in [0.29, 0.717) is 11.8 Å². The predicted molar refractivity (Wildman–Crippen MR) is 148 cm³/mol. The number of pyridine rings is 1. The Kier molecular flexibility index (Phi) is 10.2. The molecule has 1 aliphatic heterocycles. The topological polar surface area (TPSA) is 62.7 Å². The summed E-state index contributed by atoms with van der Waals surface area (Å²) in [5.74, 6) is 1.92. The fraction of sp³-hybridized carbons (Fsp3) is 0.467. The standard InChI is InChI=1S/C30H37FN2O3S/c1-36-26-9-12-29-28(20-26)23(14-16-32-29)5-2-4-22-15-18-33(21-24(22)6-13-30(34)35)17-3-19-37-27-10-7-25(31)8-11-27/h7-12,14,16,20,22,24H,2-6,13,15,17-19,21H2,1H3,(H,34,35)/t22-,24+/m1/s1. The monoisotopic (exact) mass is 524 g/mol. The number of carbonyl (C=O) groups is 1. The number of benzene rings is 2. The highest BCUT2D eigenvalue weighted by molar-refractivity contribution is 7.99. The zero-order valence-electron chi connectivity index (χ0n) is 21.6. The molecule has 2 aromatic carbocycles. The first-order valence-corrected chi connectivity index (χ1v) is 14.2. The molecule has 1 aliphatic rings. The van der Waals surface area contributed by atoms with Gasteiger partial charge in [0, 0.05) is 29.4 Å². The van der Waals surface area contributed by atoms with E-state index >= 15 is 0 Å². The lowest BCUT2D eigenvalue weighted by Crippen LogP contribution is -2.41. The minimum Gasteiger partial charge on any atom is -0.497 e. The molecule has 4 rings (SSSR count). The molecule has 0 bridgehead atoms. The van der Waals surface area contributed by atoms with E-state index in [-0.39, 0.29) is 12.2 Å². The van der Waals surface area contributed by atoms with Gasteiger partial charge in [0.2, 0.25) is 0 Å². The molecule has 0 aliphatic carbocycles. The van der Waals surface area contributed by atoms with Crippen LogP contribution in [0.2, 0.25) is 0 Å². The summed E-state index contributed by atoms with van der Waals surface area (Å²) in [7, 11) is 1.69. The van der Waals surface area contributed by atoms with E-state index in [1.165, 1.54) is 17.7 Å². The maximum absolute atomic E-state index is 13.1. The van der Waals surface area contributed by atoms with Gasteiger partial charge < -0.3 is 14.7 Å². The highest BCUT2D eigenvalue weighted by atomic mass is 32.2. The molecule has 0 radical (unpaired) electrons. The fourth-order valence-corrected chi connectivity index (χ4v) is 6.30. The molecule has 1 N–H and O–H groups in total. The number of hydrogen-bond acceptors (Lipinski definition) is 5. The van der Waals surface area contributed by atoms with Crippen LogP contribution in [0.3, 0.4) is 0 Å². The zero-order valence-corrected chi connectivity index (χ0v) is 22.4. The van der Waals surface area contributed by atoms with Crippen LogP contribution >= 0.6 is 11.8 Å². The summed E-state index contributed by atoms with van der Waals surface area (Å²) >= 11 is 1.76. The van der Waals surface area contributed by atoms with Crippen molar-refractivity contribution in [3.05, 3.63) is 66.1 Å². The average Bonchev–Trinajstić information content (AvgIpc) is 2.91. The molecule has 1 fully saturated rings. The van der Waals surface area contributed by atoms with Crippen molar-refractivity contribution in [1.29, 1.82) is 0 Å². The number of aryl methyl sites for hydroxylation is 1. The van der Waals surface area contributed by atoms with E-state index in [4.69, 9.17) is 4.74 Å². The molecule has 1 saturated heterocycles. The van der Waals surface area contributed by atoms with Gasteiger partial charge in [-0.3, -0.25) is 9.78 Å². The smallest absolute Gasteiger partial charge is 0.303 e. The molecule has 3 aromatic rings. The quantitative estimate of drug-likeness (QED) is 0.199. The van der Waals surface area contributed by atoms with Crippen LogP contribution in [0, 0.1) is 17.7 Å². The summed E-state index contributed by atoms with van der Waals surface area (Å²) in [6, 6.07) is 14.8. The van der Waals surface area contributed by atoms with Gasteiger partial charge in [0.05, 0.1) is 12.6 Å². The number of nitrogens with zero attached hydrogens (tertiary/aromatic N) is 2. The van der Waals surface area contributed by atoms with Crippen LogP contribution in [0.25, 0.3) is 10.9 Å². The first kappa shape index (κ1) is 27.4. The number of aliphatic carboxylic acids is 1. The molecule has 0 saturated carbocycles. The first-order chi connectivity index (χ1) is 18.0.